The van der Waals surface area contributed by atoms with Gasteiger partial charge in [-0.25, -0.2) is 0 Å². The fourth-order valence-electron chi connectivity index (χ4n) is 5.57. The van der Waals surface area contributed by atoms with Gasteiger partial charge in [0, 0.05) is 64.3 Å². The van der Waals surface area contributed by atoms with Gasteiger partial charge in [-0.15, -0.1) is 0 Å². The fourth-order valence-corrected chi connectivity index (χ4v) is 5.57. The van der Waals surface area contributed by atoms with Gasteiger partial charge in [0.05, 0.1) is 11.4 Å². The zero-order valence-corrected chi connectivity index (χ0v) is 24.8. The number of aromatic nitrogens is 2. The molecule has 4 heterocycles. The van der Waals surface area contributed by atoms with E-state index in [4.69, 9.17) is 0 Å². The van der Waals surface area contributed by atoms with E-state index in [1.54, 1.807) is 26.0 Å². The van der Waals surface area contributed by atoms with Crippen molar-refractivity contribution < 1.29 is 29.4 Å². The van der Waals surface area contributed by atoms with Crippen molar-refractivity contribution in [3.05, 3.63) is 104 Å². The van der Waals surface area contributed by atoms with Crippen LogP contribution in [0.3, 0.4) is 0 Å². The van der Waals surface area contributed by atoms with E-state index in [0.29, 0.717) is 51.5 Å². The third-order valence-corrected chi connectivity index (χ3v) is 8.11. The Balaban J connectivity index is 1.79. The maximum Gasteiger partial charge on any atom is 0.303 e. The standard InChI is InChI=1S/C33H36N4O6/c1-7-20-18(5)32(42)36-26(20)14-28-22(9-11-30(38)39)16(3)24(34-28)13-25-17(4)23(10-12-31(40)41)29(35-25)15-27-21(8-2)19(6)33(43)37-27/h7-8,14-15,34-35H,1-2,9-13H2,3-6H3,(H,36,42)(H,37,43)(H,38,39)(H,40,41)/b26-14-,27-15-. The second-order valence-electron chi connectivity index (χ2n) is 10.7. The highest BCUT2D eigenvalue weighted by Gasteiger charge is 2.25. The van der Waals surface area contributed by atoms with Crippen molar-refractivity contribution in [2.45, 2.75) is 59.8 Å². The number of allylic oxidation sites excluding steroid dienone is 2. The Kier molecular flexibility index (Phi) is 8.89. The molecule has 0 fully saturated rings. The van der Waals surface area contributed by atoms with E-state index in [0.717, 1.165) is 33.6 Å². The highest BCUT2D eigenvalue weighted by molar-refractivity contribution is 6.02. The van der Waals surface area contributed by atoms with Crippen LogP contribution in [0.2, 0.25) is 0 Å². The van der Waals surface area contributed by atoms with Gasteiger partial charge in [-0.05, 0) is 74.9 Å². The fraction of sp³-hybridized carbons (Fsp3) is 0.273. The summed E-state index contributed by atoms with van der Waals surface area (Å²) in [6.45, 7) is 15.0. The smallest absolute Gasteiger partial charge is 0.303 e. The third kappa shape index (κ3) is 6.23. The highest BCUT2D eigenvalue weighted by atomic mass is 16.4. The molecule has 0 spiro atoms. The number of aliphatic carboxylic acids is 2. The van der Waals surface area contributed by atoms with Crippen molar-refractivity contribution in [1.82, 2.24) is 20.6 Å². The van der Waals surface area contributed by atoms with Gasteiger partial charge in [0.15, 0.2) is 0 Å². The number of carbonyl (C=O) groups excluding carboxylic acids is 2. The van der Waals surface area contributed by atoms with Crippen LogP contribution in [-0.2, 0) is 38.4 Å². The molecule has 10 heteroatoms. The number of amides is 2. The first kappa shape index (κ1) is 30.8. The normalized spacial score (nSPS) is 16.8. The van der Waals surface area contributed by atoms with E-state index in [-0.39, 0.29) is 37.5 Å². The first-order valence-corrected chi connectivity index (χ1v) is 13.9. The summed E-state index contributed by atoms with van der Waals surface area (Å²) in [6, 6.07) is 0. The summed E-state index contributed by atoms with van der Waals surface area (Å²) in [6.07, 6.45) is 7.73. The number of aromatic amines is 2. The van der Waals surface area contributed by atoms with Crippen molar-refractivity contribution in [2.75, 3.05) is 0 Å². The Morgan fingerprint density at radius 2 is 1.07 bits per heavy atom. The molecular formula is C33H36N4O6. The lowest BCUT2D eigenvalue weighted by molar-refractivity contribution is -0.138. The minimum absolute atomic E-state index is 0.0628. The molecule has 6 N–H and O–H groups in total. The molecule has 2 aliphatic rings. The zero-order chi connectivity index (χ0) is 31.6. The van der Waals surface area contributed by atoms with Gasteiger partial charge in [-0.1, -0.05) is 25.3 Å². The average molecular weight is 585 g/mol. The molecule has 4 rings (SSSR count). The van der Waals surface area contributed by atoms with Crippen molar-refractivity contribution in [3.63, 3.8) is 0 Å². The molecular weight excluding hydrogens is 548 g/mol. The number of carboxylic acid groups (broad SMARTS) is 2. The predicted molar refractivity (Wildman–Crippen MR) is 164 cm³/mol. The van der Waals surface area contributed by atoms with Crippen molar-refractivity contribution >= 4 is 35.9 Å². The van der Waals surface area contributed by atoms with Crippen LogP contribution in [0.25, 0.3) is 12.2 Å². The second-order valence-corrected chi connectivity index (χ2v) is 10.7. The van der Waals surface area contributed by atoms with E-state index in [1.807, 2.05) is 26.0 Å². The summed E-state index contributed by atoms with van der Waals surface area (Å²) >= 11 is 0. The van der Waals surface area contributed by atoms with Crippen LogP contribution in [0.1, 0.15) is 71.7 Å². The first-order chi connectivity index (χ1) is 20.4. The number of H-pyrrole nitrogens is 2. The molecule has 224 valence electrons. The Hall–Kier alpha value is -5.12. The zero-order valence-electron chi connectivity index (χ0n) is 24.8. The maximum atomic E-state index is 12.3. The van der Waals surface area contributed by atoms with Crippen molar-refractivity contribution in [3.8, 4) is 0 Å². The van der Waals surface area contributed by atoms with Gasteiger partial charge in [-0.3, -0.25) is 19.2 Å². The lowest BCUT2D eigenvalue weighted by atomic mass is 9.99. The Bertz CT molecular complexity index is 1580. The minimum Gasteiger partial charge on any atom is -0.481 e. The summed E-state index contributed by atoms with van der Waals surface area (Å²) in [5, 5.41) is 24.5. The number of hydrogen-bond acceptors (Lipinski definition) is 4. The molecule has 10 nitrogen and oxygen atoms in total. The molecule has 0 atom stereocenters. The highest BCUT2D eigenvalue weighted by Crippen LogP contribution is 2.31. The van der Waals surface area contributed by atoms with Gasteiger partial charge in [0.1, 0.15) is 0 Å². The van der Waals surface area contributed by atoms with Crippen LogP contribution in [0.4, 0.5) is 0 Å². The molecule has 0 unspecified atom stereocenters. The summed E-state index contributed by atoms with van der Waals surface area (Å²) in [7, 11) is 0. The van der Waals surface area contributed by atoms with E-state index < -0.39 is 11.9 Å². The number of carboxylic acids is 2. The summed E-state index contributed by atoms with van der Waals surface area (Å²) in [5.41, 5.74) is 10.2. The largest absolute Gasteiger partial charge is 0.481 e. The van der Waals surface area contributed by atoms with Crippen molar-refractivity contribution in [2.24, 2.45) is 0 Å². The Labute approximate surface area is 249 Å². The molecule has 2 aliphatic heterocycles. The molecule has 0 aliphatic carbocycles. The molecule has 2 aromatic rings. The summed E-state index contributed by atoms with van der Waals surface area (Å²) < 4.78 is 0. The van der Waals surface area contributed by atoms with Crippen LogP contribution in [0.15, 0.2) is 59.0 Å². The van der Waals surface area contributed by atoms with Gasteiger partial charge >= 0.3 is 11.9 Å². The molecule has 0 radical (unpaired) electrons. The van der Waals surface area contributed by atoms with Gasteiger partial charge in [0.2, 0.25) is 0 Å². The van der Waals surface area contributed by atoms with E-state index in [1.165, 1.54) is 0 Å². The quantitative estimate of drug-likeness (QED) is 0.215. The molecule has 0 saturated heterocycles. The van der Waals surface area contributed by atoms with Crippen LogP contribution in [-0.4, -0.2) is 43.9 Å². The SMILES string of the molecule is C=CC1=C(C)C(=O)N/C1=C\c1[nH]c(Cc2[nH]c(/C=C3\NC(=O)C(C)=C3C=C)c(CCC(=O)O)c2C)c(C)c1CCC(=O)O. The molecule has 2 aromatic heterocycles. The van der Waals surface area contributed by atoms with E-state index in [2.05, 4.69) is 33.8 Å². The summed E-state index contributed by atoms with van der Waals surface area (Å²) in [4.78, 5) is 54.4. The predicted octanol–water partition coefficient (Wildman–Crippen LogP) is 4.53. The molecule has 0 saturated carbocycles. The van der Waals surface area contributed by atoms with E-state index in [9.17, 15) is 29.4 Å². The van der Waals surface area contributed by atoms with Crippen LogP contribution >= 0.6 is 0 Å². The molecule has 43 heavy (non-hydrogen) atoms. The lowest BCUT2D eigenvalue weighted by Crippen LogP contribution is -2.15. The Morgan fingerprint density at radius 3 is 1.40 bits per heavy atom. The third-order valence-electron chi connectivity index (χ3n) is 8.11. The van der Waals surface area contributed by atoms with Crippen LogP contribution in [0, 0.1) is 13.8 Å². The minimum atomic E-state index is -0.916. The average Bonchev–Trinajstić information content (AvgIpc) is 3.59. The second kappa shape index (κ2) is 12.4. The molecule has 0 aromatic carbocycles. The van der Waals surface area contributed by atoms with Crippen LogP contribution < -0.4 is 10.6 Å². The lowest BCUT2D eigenvalue weighted by Gasteiger charge is -2.04. The number of hydrogen-bond donors (Lipinski definition) is 6. The van der Waals surface area contributed by atoms with Gasteiger partial charge in [0.25, 0.3) is 11.8 Å². The van der Waals surface area contributed by atoms with Crippen molar-refractivity contribution in [1.29, 1.82) is 0 Å². The first-order valence-electron chi connectivity index (χ1n) is 13.9. The van der Waals surface area contributed by atoms with Gasteiger partial charge < -0.3 is 30.8 Å². The Morgan fingerprint density at radius 1 is 0.698 bits per heavy atom. The molecule has 0 bridgehead atoms. The number of rotatable bonds is 12. The van der Waals surface area contributed by atoms with E-state index >= 15 is 0 Å². The molecule has 2 amide bonds. The van der Waals surface area contributed by atoms with Gasteiger partial charge in [-0.2, -0.15) is 0 Å². The topological polar surface area (TPSA) is 164 Å². The monoisotopic (exact) mass is 584 g/mol. The number of nitrogens with one attached hydrogen (secondary N) is 4. The maximum absolute atomic E-state index is 12.3. The summed E-state index contributed by atoms with van der Waals surface area (Å²) in [5.74, 6) is -2.25. The number of carbonyl (C=O) groups is 4. The van der Waals surface area contributed by atoms with Crippen LogP contribution in [0.5, 0.6) is 0 Å².